The number of carbonyl (C=O) groups is 1. The van der Waals surface area contributed by atoms with Gasteiger partial charge in [0.25, 0.3) is 0 Å². The second-order valence-corrected chi connectivity index (χ2v) is 5.21. The predicted molar refractivity (Wildman–Crippen MR) is 70.5 cm³/mol. The maximum absolute atomic E-state index is 12.1. The Bertz CT molecular complexity index is 281. The van der Waals surface area contributed by atoms with E-state index < -0.39 is 5.54 Å². The minimum Gasteiger partial charge on any atom is -0.468 e. The van der Waals surface area contributed by atoms with Gasteiger partial charge in [-0.05, 0) is 39.8 Å². The first-order valence-corrected chi connectivity index (χ1v) is 6.48. The third-order valence-electron chi connectivity index (χ3n) is 3.93. The fourth-order valence-electron chi connectivity index (χ4n) is 2.42. The highest BCUT2D eigenvalue weighted by molar-refractivity contribution is 5.82. The van der Waals surface area contributed by atoms with Gasteiger partial charge in [0.05, 0.1) is 13.7 Å². The smallest absolute Gasteiger partial charge is 0.327 e. The van der Waals surface area contributed by atoms with E-state index in [0.717, 1.165) is 12.8 Å². The minimum absolute atomic E-state index is 0.163. The molecule has 5 heteroatoms. The normalized spacial score (nSPS) is 20.6. The van der Waals surface area contributed by atoms with Gasteiger partial charge in [0, 0.05) is 19.7 Å². The van der Waals surface area contributed by atoms with E-state index >= 15 is 0 Å². The summed E-state index contributed by atoms with van der Waals surface area (Å²) in [6, 6.07) is 0.270. The van der Waals surface area contributed by atoms with Crippen LogP contribution >= 0.6 is 0 Å². The molecule has 106 valence electrons. The first kappa shape index (κ1) is 15.4. The number of likely N-dealkylation sites (N-methyl/N-ethyl adjacent to an activating group) is 2. The van der Waals surface area contributed by atoms with Crippen LogP contribution in [0.2, 0.25) is 0 Å². The minimum atomic E-state index is -0.578. The Labute approximate surface area is 110 Å². The highest BCUT2D eigenvalue weighted by Gasteiger charge is 2.51. The number of carbonyl (C=O) groups excluding carboxylic acids is 1. The largest absolute Gasteiger partial charge is 0.468 e. The Balaban J connectivity index is 2.75. The first-order chi connectivity index (χ1) is 8.51. The van der Waals surface area contributed by atoms with Crippen LogP contribution < -0.4 is 5.32 Å². The molecule has 0 aromatic rings. The Hall–Kier alpha value is -0.650. The second kappa shape index (κ2) is 6.50. The van der Waals surface area contributed by atoms with Crippen LogP contribution in [0.1, 0.15) is 19.8 Å². The molecule has 0 bridgehead atoms. The van der Waals surface area contributed by atoms with E-state index in [4.69, 9.17) is 9.47 Å². The predicted octanol–water partition coefficient (Wildman–Crippen LogP) is 0.494. The maximum atomic E-state index is 12.1. The maximum Gasteiger partial charge on any atom is 0.327 e. The molecule has 1 saturated carbocycles. The summed E-state index contributed by atoms with van der Waals surface area (Å²) in [6.45, 7) is 3.39. The topological polar surface area (TPSA) is 50.8 Å². The standard InChI is InChI=1S/C13H26N2O3/c1-10(8-17-4)15(3)9-13(14-2,11-6-7-11)12(16)18-5/h10-11,14H,6-9H2,1-5H3. The van der Waals surface area contributed by atoms with E-state index in [0.29, 0.717) is 19.1 Å². The molecule has 2 unspecified atom stereocenters. The molecule has 0 radical (unpaired) electrons. The van der Waals surface area contributed by atoms with Gasteiger partial charge in [-0.2, -0.15) is 0 Å². The zero-order valence-corrected chi connectivity index (χ0v) is 12.2. The number of nitrogens with zero attached hydrogens (tertiary/aromatic N) is 1. The molecular weight excluding hydrogens is 232 g/mol. The van der Waals surface area contributed by atoms with Crippen LogP contribution in [0.3, 0.4) is 0 Å². The van der Waals surface area contributed by atoms with Gasteiger partial charge in [-0.3, -0.25) is 4.90 Å². The monoisotopic (exact) mass is 258 g/mol. The van der Waals surface area contributed by atoms with Crippen LogP contribution in [-0.4, -0.2) is 63.9 Å². The van der Waals surface area contributed by atoms with Gasteiger partial charge in [0.1, 0.15) is 5.54 Å². The van der Waals surface area contributed by atoms with E-state index in [2.05, 4.69) is 17.1 Å². The van der Waals surface area contributed by atoms with Crippen molar-refractivity contribution in [3.8, 4) is 0 Å². The first-order valence-electron chi connectivity index (χ1n) is 6.48. The van der Waals surface area contributed by atoms with E-state index in [-0.39, 0.29) is 12.0 Å². The van der Waals surface area contributed by atoms with Crippen LogP contribution in [0, 0.1) is 5.92 Å². The zero-order chi connectivity index (χ0) is 13.8. The van der Waals surface area contributed by atoms with Gasteiger partial charge >= 0.3 is 5.97 Å². The summed E-state index contributed by atoms with van der Waals surface area (Å²) in [5.41, 5.74) is -0.578. The summed E-state index contributed by atoms with van der Waals surface area (Å²) < 4.78 is 10.1. The van der Waals surface area contributed by atoms with Crippen LogP contribution in [0.4, 0.5) is 0 Å². The van der Waals surface area contributed by atoms with E-state index in [9.17, 15) is 4.79 Å². The Morgan fingerprint density at radius 1 is 1.50 bits per heavy atom. The summed E-state index contributed by atoms with van der Waals surface area (Å²) >= 11 is 0. The average molecular weight is 258 g/mol. The van der Waals surface area contributed by atoms with Gasteiger partial charge in [0.2, 0.25) is 0 Å². The number of rotatable bonds is 8. The summed E-state index contributed by atoms with van der Waals surface area (Å²) in [6.07, 6.45) is 2.17. The molecule has 0 aromatic carbocycles. The van der Waals surface area contributed by atoms with Gasteiger partial charge < -0.3 is 14.8 Å². The van der Waals surface area contributed by atoms with Crippen molar-refractivity contribution in [3.05, 3.63) is 0 Å². The molecule has 5 nitrogen and oxygen atoms in total. The lowest BCUT2D eigenvalue weighted by Crippen LogP contribution is -2.60. The van der Waals surface area contributed by atoms with Crippen LogP contribution in [0.15, 0.2) is 0 Å². The Morgan fingerprint density at radius 3 is 2.50 bits per heavy atom. The van der Waals surface area contributed by atoms with Gasteiger partial charge in [-0.25, -0.2) is 4.79 Å². The molecule has 2 atom stereocenters. The zero-order valence-electron chi connectivity index (χ0n) is 12.2. The van der Waals surface area contributed by atoms with Crippen LogP contribution in [0.25, 0.3) is 0 Å². The SMILES string of the molecule is CNC(CN(C)C(C)COC)(C(=O)OC)C1CC1. The fraction of sp³-hybridized carbons (Fsp3) is 0.923. The number of esters is 1. The summed E-state index contributed by atoms with van der Waals surface area (Å²) in [7, 11) is 7.00. The summed E-state index contributed by atoms with van der Waals surface area (Å²) in [5, 5.41) is 3.20. The Kier molecular flexibility index (Phi) is 5.56. The average Bonchev–Trinajstić information content (AvgIpc) is 3.19. The third-order valence-corrected chi connectivity index (χ3v) is 3.93. The molecule has 1 N–H and O–H groups in total. The molecule has 1 aliphatic carbocycles. The van der Waals surface area contributed by atoms with Crippen molar-refractivity contribution in [1.29, 1.82) is 0 Å². The lowest BCUT2D eigenvalue weighted by atomic mass is 9.92. The second-order valence-electron chi connectivity index (χ2n) is 5.21. The molecule has 0 saturated heterocycles. The molecule has 0 spiro atoms. The van der Waals surface area contributed by atoms with Crippen molar-refractivity contribution in [2.45, 2.75) is 31.3 Å². The highest BCUT2D eigenvalue weighted by Crippen LogP contribution is 2.40. The van der Waals surface area contributed by atoms with Crippen molar-refractivity contribution in [2.24, 2.45) is 5.92 Å². The number of nitrogens with one attached hydrogen (secondary N) is 1. The molecule has 0 aromatic heterocycles. The lowest BCUT2D eigenvalue weighted by Gasteiger charge is -2.36. The van der Waals surface area contributed by atoms with E-state index in [1.165, 1.54) is 7.11 Å². The quantitative estimate of drug-likeness (QED) is 0.642. The van der Waals surface area contributed by atoms with Gasteiger partial charge in [-0.15, -0.1) is 0 Å². The van der Waals surface area contributed by atoms with E-state index in [1.807, 2.05) is 14.1 Å². The molecule has 1 fully saturated rings. The van der Waals surface area contributed by atoms with Crippen molar-refractivity contribution in [1.82, 2.24) is 10.2 Å². The third kappa shape index (κ3) is 3.22. The van der Waals surface area contributed by atoms with Crippen molar-refractivity contribution in [2.75, 3.05) is 41.5 Å². The highest BCUT2D eigenvalue weighted by atomic mass is 16.5. The van der Waals surface area contributed by atoms with Crippen LogP contribution in [-0.2, 0) is 14.3 Å². The number of methoxy groups -OCH3 is 2. The van der Waals surface area contributed by atoms with Gasteiger partial charge in [0.15, 0.2) is 0 Å². The van der Waals surface area contributed by atoms with Crippen molar-refractivity contribution in [3.63, 3.8) is 0 Å². The molecule has 18 heavy (non-hydrogen) atoms. The van der Waals surface area contributed by atoms with Crippen LogP contribution in [0.5, 0.6) is 0 Å². The molecule has 0 aliphatic heterocycles. The Morgan fingerprint density at radius 2 is 2.11 bits per heavy atom. The van der Waals surface area contributed by atoms with Crippen molar-refractivity contribution >= 4 is 5.97 Å². The van der Waals surface area contributed by atoms with Crippen molar-refractivity contribution < 1.29 is 14.3 Å². The number of hydrogen-bond acceptors (Lipinski definition) is 5. The van der Waals surface area contributed by atoms with E-state index in [1.54, 1.807) is 7.11 Å². The molecule has 1 aliphatic rings. The summed E-state index contributed by atoms with van der Waals surface area (Å²) in [5.74, 6) is 0.219. The molecular formula is C13H26N2O3. The fourth-order valence-corrected chi connectivity index (χ4v) is 2.42. The summed E-state index contributed by atoms with van der Waals surface area (Å²) in [4.78, 5) is 14.3. The number of ether oxygens (including phenoxy) is 2. The number of hydrogen-bond donors (Lipinski definition) is 1. The van der Waals surface area contributed by atoms with Gasteiger partial charge in [-0.1, -0.05) is 0 Å². The lowest BCUT2D eigenvalue weighted by molar-refractivity contribution is -0.150. The molecule has 0 heterocycles. The molecule has 1 rings (SSSR count). The molecule has 0 amide bonds.